The Morgan fingerprint density at radius 3 is 2.81 bits per heavy atom. The molecule has 0 aliphatic carbocycles. The van der Waals surface area contributed by atoms with Gasteiger partial charge in [-0.15, -0.1) is 11.3 Å². The standard InChI is InChI=1S/C13H22N2S/c1-9-6-13(14)4-5-15(9)8-12-7-10(2)16-11(12)3/h7,9,13H,4-6,8,14H2,1-3H3. The van der Waals surface area contributed by atoms with Crippen molar-refractivity contribution in [2.24, 2.45) is 5.73 Å². The van der Waals surface area contributed by atoms with E-state index in [0.717, 1.165) is 25.9 Å². The summed E-state index contributed by atoms with van der Waals surface area (Å²) >= 11 is 1.91. The minimum Gasteiger partial charge on any atom is -0.328 e. The van der Waals surface area contributed by atoms with Crippen molar-refractivity contribution < 1.29 is 0 Å². The van der Waals surface area contributed by atoms with Crippen LogP contribution in [0.4, 0.5) is 0 Å². The van der Waals surface area contributed by atoms with Gasteiger partial charge >= 0.3 is 0 Å². The maximum atomic E-state index is 5.99. The summed E-state index contributed by atoms with van der Waals surface area (Å²) in [5.74, 6) is 0. The van der Waals surface area contributed by atoms with Gasteiger partial charge in [0.05, 0.1) is 0 Å². The summed E-state index contributed by atoms with van der Waals surface area (Å²) in [5, 5.41) is 0. The highest BCUT2D eigenvalue weighted by molar-refractivity contribution is 7.12. The highest BCUT2D eigenvalue weighted by Crippen LogP contribution is 2.25. The molecule has 2 atom stereocenters. The molecule has 0 bridgehead atoms. The molecular formula is C13H22N2S. The zero-order valence-electron chi connectivity index (χ0n) is 10.5. The summed E-state index contributed by atoms with van der Waals surface area (Å²) in [4.78, 5) is 5.46. The summed E-state index contributed by atoms with van der Waals surface area (Å²) < 4.78 is 0. The van der Waals surface area contributed by atoms with E-state index in [9.17, 15) is 0 Å². The molecule has 2 unspecified atom stereocenters. The van der Waals surface area contributed by atoms with Crippen molar-refractivity contribution in [3.05, 3.63) is 21.4 Å². The zero-order chi connectivity index (χ0) is 11.7. The van der Waals surface area contributed by atoms with Crippen molar-refractivity contribution in [3.8, 4) is 0 Å². The first-order valence-corrected chi connectivity index (χ1v) is 6.93. The molecule has 16 heavy (non-hydrogen) atoms. The lowest BCUT2D eigenvalue weighted by Crippen LogP contribution is -2.44. The number of aryl methyl sites for hydroxylation is 2. The first-order valence-electron chi connectivity index (χ1n) is 6.12. The average Bonchev–Trinajstić information content (AvgIpc) is 2.50. The fourth-order valence-corrected chi connectivity index (χ4v) is 3.49. The lowest BCUT2D eigenvalue weighted by atomic mass is 9.98. The van der Waals surface area contributed by atoms with Crippen molar-refractivity contribution in [1.82, 2.24) is 4.90 Å². The molecule has 2 rings (SSSR count). The molecule has 1 saturated heterocycles. The van der Waals surface area contributed by atoms with Gasteiger partial charge in [0.2, 0.25) is 0 Å². The van der Waals surface area contributed by atoms with Crippen LogP contribution in [-0.4, -0.2) is 23.5 Å². The van der Waals surface area contributed by atoms with Crippen LogP contribution >= 0.6 is 11.3 Å². The Labute approximate surface area is 102 Å². The van der Waals surface area contributed by atoms with E-state index >= 15 is 0 Å². The molecular weight excluding hydrogens is 216 g/mol. The molecule has 0 amide bonds. The second-order valence-electron chi connectivity index (χ2n) is 5.04. The Morgan fingerprint density at radius 1 is 1.50 bits per heavy atom. The molecule has 1 aromatic heterocycles. The number of thiophene rings is 1. The second kappa shape index (κ2) is 4.86. The van der Waals surface area contributed by atoms with E-state index in [1.165, 1.54) is 15.3 Å². The van der Waals surface area contributed by atoms with Crippen LogP contribution in [-0.2, 0) is 6.54 Å². The summed E-state index contributed by atoms with van der Waals surface area (Å²) in [6.45, 7) is 8.97. The van der Waals surface area contributed by atoms with Crippen molar-refractivity contribution in [2.45, 2.75) is 52.2 Å². The topological polar surface area (TPSA) is 29.3 Å². The van der Waals surface area contributed by atoms with Gasteiger partial charge in [-0.25, -0.2) is 0 Å². The van der Waals surface area contributed by atoms with Gasteiger partial charge in [0.15, 0.2) is 0 Å². The van der Waals surface area contributed by atoms with E-state index in [0.29, 0.717) is 12.1 Å². The summed E-state index contributed by atoms with van der Waals surface area (Å²) in [6, 6.07) is 3.38. The zero-order valence-corrected chi connectivity index (χ0v) is 11.3. The van der Waals surface area contributed by atoms with Crippen molar-refractivity contribution in [1.29, 1.82) is 0 Å². The molecule has 0 saturated carbocycles. The maximum Gasteiger partial charge on any atom is 0.0247 e. The molecule has 2 N–H and O–H groups in total. The Balaban J connectivity index is 2.02. The van der Waals surface area contributed by atoms with E-state index < -0.39 is 0 Å². The number of piperidine rings is 1. The predicted molar refractivity (Wildman–Crippen MR) is 70.9 cm³/mol. The first kappa shape index (κ1) is 12.1. The molecule has 0 aromatic carbocycles. The summed E-state index contributed by atoms with van der Waals surface area (Å²) in [5.41, 5.74) is 7.49. The fourth-order valence-electron chi connectivity index (χ4n) is 2.55. The summed E-state index contributed by atoms with van der Waals surface area (Å²) in [7, 11) is 0. The van der Waals surface area contributed by atoms with Crippen LogP contribution in [0.15, 0.2) is 6.07 Å². The molecule has 1 aliphatic heterocycles. The number of nitrogens with two attached hydrogens (primary N) is 1. The minimum atomic E-state index is 0.413. The summed E-state index contributed by atoms with van der Waals surface area (Å²) in [6.07, 6.45) is 2.29. The highest BCUT2D eigenvalue weighted by atomic mass is 32.1. The van der Waals surface area contributed by atoms with Crippen LogP contribution < -0.4 is 5.73 Å². The number of hydrogen-bond donors (Lipinski definition) is 1. The predicted octanol–water partition coefficient (Wildman–Crippen LogP) is 2.68. The van der Waals surface area contributed by atoms with Crippen LogP contribution in [0, 0.1) is 13.8 Å². The number of nitrogens with zero attached hydrogens (tertiary/aromatic N) is 1. The maximum absolute atomic E-state index is 5.99. The Bertz CT molecular complexity index is 359. The molecule has 0 radical (unpaired) electrons. The van der Waals surface area contributed by atoms with Crippen LogP contribution in [0.25, 0.3) is 0 Å². The van der Waals surface area contributed by atoms with E-state index in [2.05, 4.69) is 31.7 Å². The van der Waals surface area contributed by atoms with Gasteiger partial charge in [0, 0.05) is 34.9 Å². The Hall–Kier alpha value is -0.380. The number of hydrogen-bond acceptors (Lipinski definition) is 3. The normalized spacial score (nSPS) is 27.2. The van der Waals surface area contributed by atoms with E-state index in [1.807, 2.05) is 11.3 Å². The quantitative estimate of drug-likeness (QED) is 0.858. The third-order valence-corrected chi connectivity index (χ3v) is 4.58. The molecule has 2 heterocycles. The SMILES string of the molecule is Cc1cc(CN2CCC(N)CC2C)c(C)s1. The number of likely N-dealkylation sites (tertiary alicyclic amines) is 1. The van der Waals surface area contributed by atoms with Crippen LogP contribution in [0.1, 0.15) is 35.1 Å². The molecule has 3 heteroatoms. The van der Waals surface area contributed by atoms with Crippen LogP contribution in [0.2, 0.25) is 0 Å². The van der Waals surface area contributed by atoms with Gasteiger partial charge < -0.3 is 5.73 Å². The van der Waals surface area contributed by atoms with Crippen molar-refractivity contribution in [3.63, 3.8) is 0 Å². The average molecular weight is 238 g/mol. The van der Waals surface area contributed by atoms with E-state index in [1.54, 1.807) is 0 Å². The molecule has 1 fully saturated rings. The Kier molecular flexibility index (Phi) is 3.67. The van der Waals surface area contributed by atoms with Crippen molar-refractivity contribution in [2.75, 3.05) is 6.54 Å². The monoisotopic (exact) mass is 238 g/mol. The van der Waals surface area contributed by atoms with Gasteiger partial charge in [-0.2, -0.15) is 0 Å². The van der Waals surface area contributed by atoms with Gasteiger partial charge in [0.25, 0.3) is 0 Å². The number of rotatable bonds is 2. The molecule has 0 spiro atoms. The minimum absolute atomic E-state index is 0.413. The van der Waals surface area contributed by atoms with Crippen LogP contribution in [0.3, 0.4) is 0 Å². The van der Waals surface area contributed by atoms with Crippen molar-refractivity contribution >= 4 is 11.3 Å². The van der Waals surface area contributed by atoms with Crippen LogP contribution in [0.5, 0.6) is 0 Å². The molecule has 1 aromatic rings. The molecule has 1 aliphatic rings. The van der Waals surface area contributed by atoms with E-state index in [-0.39, 0.29) is 0 Å². The van der Waals surface area contributed by atoms with Gasteiger partial charge in [-0.05, 0) is 45.2 Å². The van der Waals surface area contributed by atoms with E-state index in [4.69, 9.17) is 5.73 Å². The highest BCUT2D eigenvalue weighted by Gasteiger charge is 2.23. The lowest BCUT2D eigenvalue weighted by Gasteiger charge is -2.36. The molecule has 90 valence electrons. The van der Waals surface area contributed by atoms with Gasteiger partial charge in [0.1, 0.15) is 0 Å². The van der Waals surface area contributed by atoms with Gasteiger partial charge in [-0.1, -0.05) is 0 Å². The third-order valence-electron chi connectivity index (χ3n) is 3.57. The third kappa shape index (κ3) is 2.65. The first-order chi connectivity index (χ1) is 7.56. The van der Waals surface area contributed by atoms with Gasteiger partial charge in [-0.3, -0.25) is 4.90 Å². The molecule has 2 nitrogen and oxygen atoms in total. The fraction of sp³-hybridized carbons (Fsp3) is 0.692. The second-order valence-corrected chi connectivity index (χ2v) is 6.50. The lowest BCUT2D eigenvalue weighted by molar-refractivity contribution is 0.140. The largest absolute Gasteiger partial charge is 0.328 e. The Morgan fingerprint density at radius 2 is 2.25 bits per heavy atom. The smallest absolute Gasteiger partial charge is 0.0247 e.